The van der Waals surface area contributed by atoms with E-state index in [-0.39, 0.29) is 6.61 Å². The molecule has 21 heavy (non-hydrogen) atoms. The van der Waals surface area contributed by atoms with Gasteiger partial charge >= 0.3 is 0 Å². The van der Waals surface area contributed by atoms with E-state index in [1.807, 2.05) is 25.1 Å². The first-order valence-corrected chi connectivity index (χ1v) is 7.44. The molecule has 6 heteroatoms. The third-order valence-corrected chi connectivity index (χ3v) is 4.04. The van der Waals surface area contributed by atoms with Gasteiger partial charge in [0.2, 0.25) is 0 Å². The molecule has 0 saturated heterocycles. The Bertz CT molecular complexity index is 597. The predicted molar refractivity (Wildman–Crippen MR) is 81.9 cm³/mol. The van der Waals surface area contributed by atoms with Gasteiger partial charge in [0.05, 0.1) is 37.5 Å². The summed E-state index contributed by atoms with van der Waals surface area (Å²) in [5.74, 6) is 1.38. The Kier molecular flexibility index (Phi) is 5.55. The SMILES string of the molecule is CCOc1cc(-c2nc(COC)c(CO)s2)ccc1OC. The van der Waals surface area contributed by atoms with Crippen LogP contribution in [0.4, 0.5) is 0 Å². The van der Waals surface area contributed by atoms with Gasteiger partial charge in [0.1, 0.15) is 5.01 Å². The van der Waals surface area contributed by atoms with Crippen LogP contribution >= 0.6 is 11.3 Å². The topological polar surface area (TPSA) is 60.8 Å². The van der Waals surface area contributed by atoms with Crippen LogP contribution in [0.5, 0.6) is 11.5 Å². The van der Waals surface area contributed by atoms with E-state index in [9.17, 15) is 5.11 Å². The molecule has 0 saturated carbocycles. The fraction of sp³-hybridized carbons (Fsp3) is 0.400. The van der Waals surface area contributed by atoms with Crippen molar-refractivity contribution in [2.45, 2.75) is 20.1 Å². The molecule has 0 aliphatic rings. The monoisotopic (exact) mass is 309 g/mol. The van der Waals surface area contributed by atoms with Crippen LogP contribution in [0.1, 0.15) is 17.5 Å². The quantitative estimate of drug-likeness (QED) is 0.852. The lowest BCUT2D eigenvalue weighted by Gasteiger charge is -2.10. The van der Waals surface area contributed by atoms with Gasteiger partial charge in [-0.1, -0.05) is 0 Å². The van der Waals surface area contributed by atoms with E-state index in [1.54, 1.807) is 14.2 Å². The molecule has 0 aliphatic carbocycles. The summed E-state index contributed by atoms with van der Waals surface area (Å²) in [6.07, 6.45) is 0. The van der Waals surface area contributed by atoms with E-state index < -0.39 is 0 Å². The maximum atomic E-state index is 9.40. The molecule has 114 valence electrons. The summed E-state index contributed by atoms with van der Waals surface area (Å²) in [6, 6.07) is 5.69. The minimum Gasteiger partial charge on any atom is -0.493 e. The van der Waals surface area contributed by atoms with Crippen molar-refractivity contribution in [3.8, 4) is 22.1 Å². The van der Waals surface area contributed by atoms with Crippen LogP contribution < -0.4 is 9.47 Å². The highest BCUT2D eigenvalue weighted by molar-refractivity contribution is 7.15. The zero-order valence-electron chi connectivity index (χ0n) is 12.4. The van der Waals surface area contributed by atoms with Crippen LogP contribution in [0.2, 0.25) is 0 Å². The van der Waals surface area contributed by atoms with E-state index in [1.165, 1.54) is 11.3 Å². The second kappa shape index (κ2) is 7.40. The second-order valence-corrected chi connectivity index (χ2v) is 5.36. The Labute approximate surface area is 128 Å². The van der Waals surface area contributed by atoms with Crippen molar-refractivity contribution in [3.63, 3.8) is 0 Å². The van der Waals surface area contributed by atoms with Gasteiger partial charge < -0.3 is 19.3 Å². The molecule has 1 aromatic heterocycles. The Balaban J connectivity index is 2.39. The van der Waals surface area contributed by atoms with Crippen molar-refractivity contribution in [1.82, 2.24) is 4.98 Å². The summed E-state index contributed by atoms with van der Waals surface area (Å²) in [7, 11) is 3.22. The lowest BCUT2D eigenvalue weighted by molar-refractivity contribution is 0.179. The molecule has 5 nitrogen and oxygen atoms in total. The van der Waals surface area contributed by atoms with E-state index >= 15 is 0 Å². The lowest BCUT2D eigenvalue weighted by Crippen LogP contribution is -1.95. The van der Waals surface area contributed by atoms with Crippen molar-refractivity contribution in [3.05, 3.63) is 28.8 Å². The molecule has 2 rings (SSSR count). The zero-order chi connectivity index (χ0) is 15.2. The molecular weight excluding hydrogens is 290 g/mol. The highest BCUT2D eigenvalue weighted by Crippen LogP contribution is 2.35. The highest BCUT2D eigenvalue weighted by atomic mass is 32.1. The summed E-state index contributed by atoms with van der Waals surface area (Å²) in [6.45, 7) is 2.84. The Morgan fingerprint density at radius 3 is 2.67 bits per heavy atom. The number of thiazole rings is 1. The molecule has 0 atom stereocenters. The number of aliphatic hydroxyl groups excluding tert-OH is 1. The van der Waals surface area contributed by atoms with Crippen LogP contribution in [0, 0.1) is 0 Å². The van der Waals surface area contributed by atoms with Gasteiger partial charge in [-0.3, -0.25) is 0 Å². The first kappa shape index (κ1) is 15.8. The zero-order valence-corrected chi connectivity index (χ0v) is 13.2. The molecule has 0 spiro atoms. The average molecular weight is 309 g/mol. The summed E-state index contributed by atoms with van der Waals surface area (Å²) >= 11 is 1.46. The molecule has 1 heterocycles. The number of nitrogens with zero attached hydrogens (tertiary/aromatic N) is 1. The minimum atomic E-state index is -0.0369. The molecule has 0 amide bonds. The smallest absolute Gasteiger partial charge is 0.161 e. The van der Waals surface area contributed by atoms with Crippen LogP contribution in [0.3, 0.4) is 0 Å². The number of ether oxygens (including phenoxy) is 3. The first-order chi connectivity index (χ1) is 10.2. The van der Waals surface area contributed by atoms with Gasteiger partial charge in [0.15, 0.2) is 11.5 Å². The van der Waals surface area contributed by atoms with E-state index in [0.29, 0.717) is 24.7 Å². The fourth-order valence-corrected chi connectivity index (χ4v) is 2.88. The van der Waals surface area contributed by atoms with Crippen molar-refractivity contribution in [1.29, 1.82) is 0 Å². The van der Waals surface area contributed by atoms with Crippen LogP contribution in [-0.4, -0.2) is 30.9 Å². The molecule has 0 unspecified atom stereocenters. The summed E-state index contributed by atoms with van der Waals surface area (Å²) in [5, 5.41) is 10.2. The van der Waals surface area contributed by atoms with Crippen molar-refractivity contribution in [2.24, 2.45) is 0 Å². The molecule has 1 aromatic carbocycles. The third kappa shape index (κ3) is 3.53. The van der Waals surface area contributed by atoms with E-state index in [0.717, 1.165) is 21.1 Å². The molecule has 0 radical (unpaired) electrons. The molecule has 0 fully saturated rings. The average Bonchev–Trinajstić information content (AvgIpc) is 2.91. The van der Waals surface area contributed by atoms with E-state index in [4.69, 9.17) is 14.2 Å². The number of methoxy groups -OCH3 is 2. The Morgan fingerprint density at radius 1 is 1.24 bits per heavy atom. The number of hydrogen-bond acceptors (Lipinski definition) is 6. The molecule has 0 aliphatic heterocycles. The molecule has 0 bridgehead atoms. The molecule has 1 N–H and O–H groups in total. The van der Waals surface area contributed by atoms with Gasteiger partial charge in [-0.2, -0.15) is 0 Å². The standard InChI is InChI=1S/C15H19NO4S/c1-4-20-13-7-10(5-6-12(13)19-3)15-16-11(9-18-2)14(8-17)21-15/h5-7,17H,4,8-9H2,1-3H3. The van der Waals surface area contributed by atoms with Crippen LogP contribution in [0.15, 0.2) is 18.2 Å². The van der Waals surface area contributed by atoms with Crippen molar-refractivity contribution >= 4 is 11.3 Å². The first-order valence-electron chi connectivity index (χ1n) is 6.63. The lowest BCUT2D eigenvalue weighted by atomic mass is 10.2. The van der Waals surface area contributed by atoms with Crippen LogP contribution in [-0.2, 0) is 18.0 Å². The normalized spacial score (nSPS) is 10.7. The van der Waals surface area contributed by atoms with Crippen molar-refractivity contribution in [2.75, 3.05) is 20.8 Å². The van der Waals surface area contributed by atoms with Gasteiger partial charge in [-0.25, -0.2) is 4.98 Å². The summed E-state index contributed by atoms with van der Waals surface area (Å²) < 4.78 is 16.0. The van der Waals surface area contributed by atoms with Gasteiger partial charge in [-0.15, -0.1) is 11.3 Å². The second-order valence-electron chi connectivity index (χ2n) is 4.28. The molecular formula is C15H19NO4S. The molecule has 2 aromatic rings. The maximum absolute atomic E-state index is 9.40. The summed E-state index contributed by atoms with van der Waals surface area (Å²) in [4.78, 5) is 5.35. The van der Waals surface area contributed by atoms with Crippen molar-refractivity contribution < 1.29 is 19.3 Å². The van der Waals surface area contributed by atoms with Gasteiger partial charge in [0, 0.05) is 12.7 Å². The number of aromatic nitrogens is 1. The predicted octanol–water partition coefficient (Wildman–Crippen LogP) is 2.86. The van der Waals surface area contributed by atoms with Gasteiger partial charge in [0.25, 0.3) is 0 Å². The number of hydrogen-bond donors (Lipinski definition) is 1. The van der Waals surface area contributed by atoms with Crippen LogP contribution in [0.25, 0.3) is 10.6 Å². The van der Waals surface area contributed by atoms with E-state index in [2.05, 4.69) is 4.98 Å². The largest absolute Gasteiger partial charge is 0.493 e. The van der Waals surface area contributed by atoms with Gasteiger partial charge in [-0.05, 0) is 25.1 Å². The Morgan fingerprint density at radius 2 is 2.05 bits per heavy atom. The highest BCUT2D eigenvalue weighted by Gasteiger charge is 2.14. The number of benzene rings is 1. The third-order valence-electron chi connectivity index (χ3n) is 2.91. The minimum absolute atomic E-state index is 0.0369. The number of aliphatic hydroxyl groups is 1. The number of rotatable bonds is 7. The maximum Gasteiger partial charge on any atom is 0.161 e. The Hall–Kier alpha value is -1.63. The fourth-order valence-electron chi connectivity index (χ4n) is 1.96. The summed E-state index contributed by atoms with van der Waals surface area (Å²) in [5.41, 5.74) is 1.70.